The van der Waals surface area contributed by atoms with Gasteiger partial charge in [-0.05, 0) is 20.8 Å². The fraction of sp³-hybridized carbons (Fsp3) is 0.556. The Balaban J connectivity index is 4.19. The van der Waals surface area contributed by atoms with Crippen LogP contribution >= 0.6 is 0 Å². The molecule has 1 rings (SSSR count). The first-order valence-electron chi connectivity index (χ1n) is 12.8. The normalized spacial score (nSPS) is 13.1. The average molecular weight is 550 g/mol. The summed E-state index contributed by atoms with van der Waals surface area (Å²) in [7, 11) is 0. The molecule has 0 aliphatic heterocycles. The minimum Gasteiger partial charge on any atom is -0.438 e. The fourth-order valence-corrected chi connectivity index (χ4v) is 3.47. The van der Waals surface area contributed by atoms with Crippen LogP contribution in [0.2, 0.25) is 0 Å². The second-order valence-electron chi connectivity index (χ2n) is 9.24. The minimum atomic E-state index is -1.43. The Morgan fingerprint density at radius 2 is 0.769 bits per heavy atom. The highest BCUT2D eigenvalue weighted by Gasteiger charge is 2.32. The molecule has 39 heavy (non-hydrogen) atoms. The zero-order valence-corrected chi connectivity index (χ0v) is 23.6. The molecule has 1 aromatic heterocycles. The monoisotopic (exact) mass is 549 g/mol. The molecule has 12 nitrogen and oxygen atoms in total. The first-order chi connectivity index (χ1) is 18.2. The lowest BCUT2D eigenvalue weighted by molar-refractivity contribution is -0.152. The first kappa shape index (κ1) is 33.1. The van der Waals surface area contributed by atoms with E-state index in [9.17, 15) is 28.8 Å². The van der Waals surface area contributed by atoms with E-state index >= 15 is 0 Å². The van der Waals surface area contributed by atoms with Gasteiger partial charge in [-0.1, -0.05) is 59.8 Å². The smallest absolute Gasteiger partial charge is 0.342 e. The van der Waals surface area contributed by atoms with E-state index in [4.69, 9.17) is 14.2 Å². The highest BCUT2D eigenvalue weighted by molar-refractivity contribution is 5.87. The number of carbonyl (C=O) groups is 3. The van der Waals surface area contributed by atoms with E-state index in [0.29, 0.717) is 33.0 Å². The first-order valence-corrected chi connectivity index (χ1v) is 12.8. The van der Waals surface area contributed by atoms with Crippen LogP contribution in [0.3, 0.4) is 0 Å². The van der Waals surface area contributed by atoms with Gasteiger partial charge in [0.1, 0.15) is 0 Å². The number of esters is 3. The molecule has 3 atom stereocenters. The van der Waals surface area contributed by atoms with Crippen molar-refractivity contribution in [1.29, 1.82) is 0 Å². The van der Waals surface area contributed by atoms with E-state index < -0.39 is 53.7 Å². The lowest BCUT2D eigenvalue weighted by atomic mass is 10.2. The summed E-state index contributed by atoms with van der Waals surface area (Å²) in [5, 5.41) is 0. The van der Waals surface area contributed by atoms with E-state index in [-0.39, 0.29) is 36.0 Å². The molecule has 0 bridgehead atoms. The van der Waals surface area contributed by atoms with Gasteiger partial charge in [0.25, 0.3) is 0 Å². The van der Waals surface area contributed by atoms with Crippen LogP contribution < -0.4 is 17.1 Å². The molecule has 0 spiro atoms. The van der Waals surface area contributed by atoms with E-state index in [0.717, 1.165) is 0 Å². The molecule has 0 aliphatic carbocycles. The van der Waals surface area contributed by atoms with Gasteiger partial charge < -0.3 is 14.2 Å². The highest BCUT2D eigenvalue weighted by Crippen LogP contribution is 2.19. The van der Waals surface area contributed by atoms with Gasteiger partial charge in [0.2, 0.25) is 0 Å². The number of rotatable bonds is 15. The number of carbonyl (C=O) groups excluding carboxylic acids is 3. The lowest BCUT2D eigenvalue weighted by Gasteiger charge is -2.27. The lowest BCUT2D eigenvalue weighted by Crippen LogP contribution is -2.58. The van der Waals surface area contributed by atoms with Crippen LogP contribution in [0.5, 0.6) is 0 Å². The third-order valence-corrected chi connectivity index (χ3v) is 5.48. The summed E-state index contributed by atoms with van der Waals surface area (Å²) in [5.41, 5.74) is -3.42. The van der Waals surface area contributed by atoms with Gasteiger partial charge in [-0.3, -0.25) is 0 Å². The third kappa shape index (κ3) is 8.26. The van der Waals surface area contributed by atoms with Gasteiger partial charge in [0.15, 0.2) is 18.7 Å². The van der Waals surface area contributed by atoms with E-state index in [1.165, 1.54) is 20.8 Å². The van der Waals surface area contributed by atoms with Crippen LogP contribution in [0.4, 0.5) is 0 Å². The van der Waals surface area contributed by atoms with Crippen molar-refractivity contribution in [1.82, 2.24) is 13.7 Å². The molecule has 0 N–H and O–H groups in total. The molecule has 0 saturated carbocycles. The third-order valence-electron chi connectivity index (χ3n) is 5.48. The van der Waals surface area contributed by atoms with Gasteiger partial charge >= 0.3 is 35.0 Å². The maximum atomic E-state index is 13.8. The van der Waals surface area contributed by atoms with Crippen molar-refractivity contribution >= 4 is 17.9 Å². The molecule has 3 unspecified atom stereocenters. The molecular weight excluding hydrogens is 510 g/mol. The standard InChI is InChI=1S/C27H39N3O9/c1-10-13-19(37-22(31)16(4)5)28-25(34)29(20(14-11-2)38-23(32)17(6)7)27(36)30(26(28)35)21(15-12-3)39-24(33)18(8)9/h19-21H,4,6,8,10-15H2,1-3,5,7,9H3. The summed E-state index contributed by atoms with van der Waals surface area (Å²) < 4.78 is 18.1. The molecule has 0 saturated heterocycles. The minimum absolute atomic E-state index is 0.0243. The van der Waals surface area contributed by atoms with Crippen LogP contribution in [-0.2, 0) is 28.6 Å². The summed E-state index contributed by atoms with van der Waals surface area (Å²) in [4.78, 5) is 78.5. The molecule has 1 heterocycles. The fourth-order valence-electron chi connectivity index (χ4n) is 3.47. The van der Waals surface area contributed by atoms with Crippen LogP contribution in [0.1, 0.15) is 98.8 Å². The van der Waals surface area contributed by atoms with Crippen molar-refractivity contribution in [2.24, 2.45) is 0 Å². The predicted molar refractivity (Wildman–Crippen MR) is 144 cm³/mol. The van der Waals surface area contributed by atoms with Crippen LogP contribution in [0.25, 0.3) is 0 Å². The van der Waals surface area contributed by atoms with Crippen molar-refractivity contribution < 1.29 is 28.6 Å². The van der Waals surface area contributed by atoms with Gasteiger partial charge in [-0.2, -0.15) is 0 Å². The van der Waals surface area contributed by atoms with Crippen LogP contribution in [0, 0.1) is 0 Å². The molecule has 0 aromatic carbocycles. The van der Waals surface area contributed by atoms with Gasteiger partial charge in [-0.25, -0.2) is 42.5 Å². The van der Waals surface area contributed by atoms with Crippen molar-refractivity contribution in [3.8, 4) is 0 Å². The summed E-state index contributed by atoms with van der Waals surface area (Å²) in [6.45, 7) is 20.0. The highest BCUT2D eigenvalue weighted by atomic mass is 16.6. The Morgan fingerprint density at radius 1 is 0.564 bits per heavy atom. The number of aromatic nitrogens is 3. The van der Waals surface area contributed by atoms with Crippen molar-refractivity contribution in [2.45, 2.75) is 98.8 Å². The Hall–Kier alpha value is -3.96. The molecule has 0 amide bonds. The number of ether oxygens (including phenoxy) is 3. The van der Waals surface area contributed by atoms with E-state index in [1.807, 2.05) is 0 Å². The molecule has 12 heteroatoms. The van der Waals surface area contributed by atoms with Gasteiger partial charge in [-0.15, -0.1) is 0 Å². The SMILES string of the molecule is C=C(C)C(=O)OC(CCC)n1c(=O)n(C(CCC)OC(=O)C(=C)C)c(=O)n(C(CCC)OC(=O)C(=C)C)c1=O. The second kappa shape index (κ2) is 14.8. The van der Waals surface area contributed by atoms with E-state index in [1.54, 1.807) is 20.8 Å². The molecule has 216 valence electrons. The molecule has 1 aromatic rings. The Labute approximate surface area is 227 Å². The average Bonchev–Trinajstić information content (AvgIpc) is 2.83. The molecule has 0 aliphatic rings. The number of hydrogen-bond acceptors (Lipinski definition) is 9. The van der Waals surface area contributed by atoms with Gasteiger partial charge in [0.05, 0.1) is 0 Å². The van der Waals surface area contributed by atoms with Crippen molar-refractivity contribution in [3.05, 3.63) is 67.9 Å². The summed E-state index contributed by atoms with van der Waals surface area (Å²) >= 11 is 0. The number of nitrogens with zero attached hydrogens (tertiary/aromatic N) is 3. The summed E-state index contributed by atoms with van der Waals surface area (Å²) in [5.74, 6) is -2.58. The van der Waals surface area contributed by atoms with Crippen molar-refractivity contribution in [2.75, 3.05) is 0 Å². The largest absolute Gasteiger partial charge is 0.438 e. The Bertz CT molecular complexity index is 1110. The maximum absolute atomic E-state index is 13.8. The maximum Gasteiger partial charge on any atom is 0.342 e. The molecule has 0 radical (unpaired) electrons. The molecule has 0 fully saturated rings. The predicted octanol–water partition coefficient (Wildman–Crippen LogP) is 3.43. The quantitative estimate of drug-likeness (QED) is 0.182. The summed E-state index contributed by atoms with van der Waals surface area (Å²) in [6, 6.07) is 0. The van der Waals surface area contributed by atoms with Crippen LogP contribution in [-0.4, -0.2) is 31.6 Å². The summed E-state index contributed by atoms with van der Waals surface area (Å²) in [6.07, 6.45) is -3.08. The number of hydrogen-bond donors (Lipinski definition) is 0. The topological polar surface area (TPSA) is 145 Å². The van der Waals surface area contributed by atoms with Crippen molar-refractivity contribution in [3.63, 3.8) is 0 Å². The van der Waals surface area contributed by atoms with Gasteiger partial charge in [0, 0.05) is 36.0 Å². The second-order valence-corrected chi connectivity index (χ2v) is 9.24. The molecular formula is C27H39N3O9. The van der Waals surface area contributed by atoms with Crippen LogP contribution in [0.15, 0.2) is 50.8 Å². The Kier molecular flexibility index (Phi) is 12.6. The zero-order chi connectivity index (χ0) is 30.0. The van der Waals surface area contributed by atoms with E-state index in [2.05, 4.69) is 19.7 Å². The zero-order valence-electron chi connectivity index (χ0n) is 23.6. The Morgan fingerprint density at radius 3 is 0.923 bits per heavy atom.